The van der Waals surface area contributed by atoms with Gasteiger partial charge in [0.15, 0.2) is 11.5 Å². The number of carbonyl (C=O) groups is 1. The number of halogens is 1. The monoisotopic (exact) mass is 370 g/mol. The average molecular weight is 370 g/mol. The Morgan fingerprint density at radius 2 is 1.96 bits per heavy atom. The van der Waals surface area contributed by atoms with Crippen molar-refractivity contribution in [2.45, 2.75) is 25.3 Å². The van der Waals surface area contributed by atoms with Crippen LogP contribution in [0, 0.1) is 5.82 Å². The SMILES string of the molecule is O=C(CN1CCC[C@@H]1c1ccc2c(c1)OCCCO2)Nc1cccc(F)c1. The van der Waals surface area contributed by atoms with Crippen LogP contribution in [0.4, 0.5) is 10.1 Å². The first-order valence-electron chi connectivity index (χ1n) is 9.38. The van der Waals surface area contributed by atoms with Crippen LogP contribution in [0.25, 0.3) is 0 Å². The van der Waals surface area contributed by atoms with E-state index in [1.54, 1.807) is 12.1 Å². The van der Waals surface area contributed by atoms with Gasteiger partial charge in [-0.2, -0.15) is 0 Å². The van der Waals surface area contributed by atoms with Gasteiger partial charge in [0.1, 0.15) is 5.82 Å². The predicted molar refractivity (Wildman–Crippen MR) is 101 cm³/mol. The fourth-order valence-electron chi connectivity index (χ4n) is 3.73. The van der Waals surface area contributed by atoms with E-state index in [1.807, 2.05) is 12.1 Å². The fraction of sp³-hybridized carbons (Fsp3) is 0.381. The number of carbonyl (C=O) groups excluding carboxylic acids is 1. The maximum Gasteiger partial charge on any atom is 0.238 e. The van der Waals surface area contributed by atoms with E-state index in [0.717, 1.165) is 42.9 Å². The lowest BCUT2D eigenvalue weighted by molar-refractivity contribution is -0.117. The number of nitrogens with zero attached hydrogens (tertiary/aromatic N) is 1. The zero-order valence-corrected chi connectivity index (χ0v) is 15.1. The van der Waals surface area contributed by atoms with Crippen molar-refractivity contribution in [3.05, 3.63) is 53.8 Å². The molecule has 6 heteroatoms. The Kier molecular flexibility index (Phi) is 5.25. The number of hydrogen-bond donors (Lipinski definition) is 1. The van der Waals surface area contributed by atoms with Crippen molar-refractivity contribution in [3.63, 3.8) is 0 Å². The van der Waals surface area contributed by atoms with Crippen LogP contribution in [0.1, 0.15) is 30.9 Å². The summed E-state index contributed by atoms with van der Waals surface area (Å²) in [6.45, 7) is 2.45. The van der Waals surface area contributed by atoms with Crippen LogP contribution in [0.2, 0.25) is 0 Å². The highest BCUT2D eigenvalue weighted by Gasteiger charge is 2.28. The van der Waals surface area contributed by atoms with E-state index in [2.05, 4.69) is 16.3 Å². The Hall–Kier alpha value is -2.60. The van der Waals surface area contributed by atoms with Crippen molar-refractivity contribution in [3.8, 4) is 11.5 Å². The fourth-order valence-corrected chi connectivity index (χ4v) is 3.73. The van der Waals surface area contributed by atoms with Gasteiger partial charge in [-0.25, -0.2) is 4.39 Å². The molecule has 27 heavy (non-hydrogen) atoms. The molecule has 142 valence electrons. The van der Waals surface area contributed by atoms with Gasteiger partial charge in [-0.3, -0.25) is 9.69 Å². The number of fused-ring (bicyclic) bond motifs is 1. The number of ether oxygens (including phenoxy) is 2. The van der Waals surface area contributed by atoms with Crippen LogP contribution in [0.3, 0.4) is 0 Å². The van der Waals surface area contributed by atoms with Crippen molar-refractivity contribution in [2.24, 2.45) is 0 Å². The van der Waals surface area contributed by atoms with E-state index in [1.165, 1.54) is 12.1 Å². The summed E-state index contributed by atoms with van der Waals surface area (Å²) in [5.74, 6) is 1.06. The van der Waals surface area contributed by atoms with Gasteiger partial charge >= 0.3 is 0 Å². The van der Waals surface area contributed by atoms with Gasteiger partial charge in [-0.1, -0.05) is 12.1 Å². The van der Waals surface area contributed by atoms with Crippen LogP contribution in [0.15, 0.2) is 42.5 Å². The predicted octanol–water partition coefficient (Wildman–Crippen LogP) is 3.76. The number of nitrogens with one attached hydrogen (secondary N) is 1. The quantitative estimate of drug-likeness (QED) is 0.890. The highest BCUT2D eigenvalue weighted by molar-refractivity contribution is 5.92. The van der Waals surface area contributed by atoms with Crippen molar-refractivity contribution in [1.82, 2.24) is 4.90 Å². The summed E-state index contributed by atoms with van der Waals surface area (Å²) < 4.78 is 24.8. The summed E-state index contributed by atoms with van der Waals surface area (Å²) in [4.78, 5) is 14.6. The van der Waals surface area contributed by atoms with E-state index < -0.39 is 0 Å². The summed E-state index contributed by atoms with van der Waals surface area (Å²) in [7, 11) is 0. The summed E-state index contributed by atoms with van der Waals surface area (Å²) in [6, 6.07) is 12.2. The molecule has 2 aliphatic rings. The molecule has 0 spiro atoms. The van der Waals surface area contributed by atoms with Gasteiger partial charge in [0.25, 0.3) is 0 Å². The molecule has 0 aliphatic carbocycles. The molecule has 5 nitrogen and oxygen atoms in total. The molecule has 0 bridgehead atoms. The lowest BCUT2D eigenvalue weighted by Crippen LogP contribution is -2.33. The van der Waals surface area contributed by atoms with Crippen LogP contribution in [0.5, 0.6) is 11.5 Å². The molecular weight excluding hydrogens is 347 g/mol. The second-order valence-corrected chi connectivity index (χ2v) is 6.94. The third-order valence-electron chi connectivity index (χ3n) is 4.98. The number of benzene rings is 2. The average Bonchev–Trinajstić information content (AvgIpc) is 2.97. The zero-order chi connectivity index (χ0) is 18.6. The Balaban J connectivity index is 1.44. The van der Waals surface area contributed by atoms with E-state index in [4.69, 9.17) is 9.47 Å². The van der Waals surface area contributed by atoms with Crippen LogP contribution < -0.4 is 14.8 Å². The van der Waals surface area contributed by atoms with Gasteiger partial charge < -0.3 is 14.8 Å². The van der Waals surface area contributed by atoms with Gasteiger partial charge in [0, 0.05) is 18.2 Å². The normalized spacial score (nSPS) is 19.5. The molecule has 1 amide bonds. The highest BCUT2D eigenvalue weighted by Crippen LogP contribution is 2.37. The third kappa shape index (κ3) is 4.22. The first kappa shape index (κ1) is 17.8. The second kappa shape index (κ2) is 7.96. The molecule has 0 aromatic heterocycles. The summed E-state index contributed by atoms with van der Waals surface area (Å²) in [5.41, 5.74) is 1.61. The molecule has 1 saturated heterocycles. The van der Waals surface area contributed by atoms with Gasteiger partial charge in [0.2, 0.25) is 5.91 Å². The molecule has 4 rings (SSSR count). The van der Waals surface area contributed by atoms with E-state index in [0.29, 0.717) is 18.9 Å². The Bertz CT molecular complexity index is 827. The smallest absolute Gasteiger partial charge is 0.238 e. The van der Waals surface area contributed by atoms with Crippen molar-refractivity contribution < 1.29 is 18.7 Å². The van der Waals surface area contributed by atoms with Gasteiger partial charge in [-0.15, -0.1) is 0 Å². The molecular formula is C21H23FN2O3. The lowest BCUT2D eigenvalue weighted by Gasteiger charge is -2.25. The van der Waals surface area contributed by atoms with Crippen molar-refractivity contribution >= 4 is 11.6 Å². The van der Waals surface area contributed by atoms with Crippen molar-refractivity contribution in [1.29, 1.82) is 0 Å². The topological polar surface area (TPSA) is 50.8 Å². The molecule has 1 fully saturated rings. The van der Waals surface area contributed by atoms with Crippen LogP contribution >= 0.6 is 0 Å². The van der Waals surface area contributed by atoms with Gasteiger partial charge in [0.05, 0.1) is 19.8 Å². The molecule has 0 radical (unpaired) electrons. The molecule has 2 aliphatic heterocycles. The van der Waals surface area contributed by atoms with Crippen LogP contribution in [-0.2, 0) is 4.79 Å². The number of amides is 1. The molecule has 0 unspecified atom stereocenters. The van der Waals surface area contributed by atoms with Gasteiger partial charge in [-0.05, 0) is 55.3 Å². The minimum Gasteiger partial charge on any atom is -0.490 e. The number of anilines is 1. The minimum absolute atomic E-state index is 0.137. The van der Waals surface area contributed by atoms with E-state index in [-0.39, 0.29) is 24.3 Å². The molecule has 2 aromatic rings. The third-order valence-corrected chi connectivity index (χ3v) is 4.98. The minimum atomic E-state index is -0.362. The standard InChI is InChI=1S/C21H23FN2O3/c22-16-4-1-5-17(13-16)23-21(25)14-24-9-2-6-18(24)15-7-8-19-20(12-15)27-11-3-10-26-19/h1,4-5,7-8,12-13,18H,2-3,6,9-11,14H2,(H,23,25)/t18-/m1/s1. The van der Waals surface area contributed by atoms with E-state index in [9.17, 15) is 9.18 Å². The number of likely N-dealkylation sites (tertiary alicyclic amines) is 1. The Morgan fingerprint density at radius 3 is 2.81 bits per heavy atom. The Morgan fingerprint density at radius 1 is 1.11 bits per heavy atom. The Labute approximate surface area is 158 Å². The molecule has 2 aromatic carbocycles. The summed E-state index contributed by atoms with van der Waals surface area (Å²) in [6.07, 6.45) is 2.90. The summed E-state index contributed by atoms with van der Waals surface area (Å²) >= 11 is 0. The lowest BCUT2D eigenvalue weighted by atomic mass is 10.0. The summed E-state index contributed by atoms with van der Waals surface area (Å²) in [5, 5.41) is 2.77. The van der Waals surface area contributed by atoms with Crippen molar-refractivity contribution in [2.75, 3.05) is 31.6 Å². The number of hydrogen-bond acceptors (Lipinski definition) is 4. The molecule has 1 N–H and O–H groups in total. The highest BCUT2D eigenvalue weighted by atomic mass is 19.1. The first-order chi connectivity index (χ1) is 13.2. The number of rotatable bonds is 4. The first-order valence-corrected chi connectivity index (χ1v) is 9.38. The second-order valence-electron chi connectivity index (χ2n) is 6.94. The zero-order valence-electron chi connectivity index (χ0n) is 15.1. The maximum absolute atomic E-state index is 13.3. The molecule has 0 saturated carbocycles. The van der Waals surface area contributed by atoms with Crippen LogP contribution in [-0.4, -0.2) is 37.1 Å². The van der Waals surface area contributed by atoms with E-state index >= 15 is 0 Å². The molecule has 2 heterocycles. The maximum atomic E-state index is 13.3. The largest absolute Gasteiger partial charge is 0.490 e. The molecule has 1 atom stereocenters.